The van der Waals surface area contributed by atoms with Crippen molar-refractivity contribution in [2.45, 2.75) is 23.2 Å². The fourth-order valence-corrected chi connectivity index (χ4v) is 5.05. The number of carbonyl (C=O) groups excluding carboxylic acids is 1. The molecule has 0 saturated carbocycles. The fraction of sp³-hybridized carbons (Fsp3) is 0.438. The molecule has 5 heterocycles. The molecular weight excluding hydrogens is 328 g/mol. The number of piperidine rings is 3. The van der Waals surface area contributed by atoms with Gasteiger partial charge in [0.1, 0.15) is 0 Å². The van der Waals surface area contributed by atoms with Gasteiger partial charge in [0.15, 0.2) is 9.99 Å². The highest BCUT2D eigenvalue weighted by molar-refractivity contribution is 8.03. The lowest BCUT2D eigenvalue weighted by atomic mass is 9.84. The Morgan fingerprint density at radius 2 is 2.30 bits per heavy atom. The molecule has 2 aromatic rings. The molecule has 0 radical (unpaired) electrons. The maximum absolute atomic E-state index is 12.1. The average molecular weight is 346 g/mol. The molecule has 3 aliphatic heterocycles. The Hall–Kier alpha value is -1.44. The SMILES string of the molecule is O=C(/C=C\Sc1nc2ncccc2s1)N[C@H]1CN2CCC1CC2. The number of hydrogen-bond acceptors (Lipinski definition) is 6. The lowest BCUT2D eigenvalue weighted by Crippen LogP contribution is -2.57. The number of amides is 1. The number of carbonyl (C=O) groups is 1. The molecule has 120 valence electrons. The van der Waals surface area contributed by atoms with Crippen LogP contribution >= 0.6 is 23.1 Å². The number of pyridine rings is 1. The molecule has 1 atom stereocenters. The van der Waals surface area contributed by atoms with Crippen LogP contribution in [0, 0.1) is 5.92 Å². The van der Waals surface area contributed by atoms with Gasteiger partial charge in [-0.1, -0.05) is 11.8 Å². The number of fused-ring (bicyclic) bond motifs is 4. The average Bonchev–Trinajstić information content (AvgIpc) is 2.98. The third kappa shape index (κ3) is 3.41. The van der Waals surface area contributed by atoms with Gasteiger partial charge in [-0.25, -0.2) is 9.97 Å². The Morgan fingerprint density at radius 1 is 1.43 bits per heavy atom. The van der Waals surface area contributed by atoms with Gasteiger partial charge in [0, 0.05) is 24.9 Å². The van der Waals surface area contributed by atoms with Crippen molar-refractivity contribution in [3.8, 4) is 0 Å². The highest BCUT2D eigenvalue weighted by atomic mass is 32.2. The quantitative estimate of drug-likeness (QED) is 0.681. The van der Waals surface area contributed by atoms with Gasteiger partial charge in [-0.05, 0) is 49.4 Å². The predicted molar refractivity (Wildman–Crippen MR) is 93.5 cm³/mol. The van der Waals surface area contributed by atoms with E-state index < -0.39 is 0 Å². The summed E-state index contributed by atoms with van der Waals surface area (Å²) in [5.41, 5.74) is 0.769. The smallest absolute Gasteiger partial charge is 0.244 e. The first-order chi connectivity index (χ1) is 11.3. The van der Waals surface area contributed by atoms with Crippen LogP contribution in [0.2, 0.25) is 0 Å². The maximum atomic E-state index is 12.1. The minimum atomic E-state index is -0.00418. The number of aromatic nitrogens is 2. The molecule has 7 heteroatoms. The Labute approximate surface area is 143 Å². The molecule has 1 N–H and O–H groups in total. The number of nitrogens with one attached hydrogen (secondary N) is 1. The van der Waals surface area contributed by atoms with Crippen LogP contribution < -0.4 is 5.32 Å². The normalized spacial score (nSPS) is 26.9. The minimum Gasteiger partial charge on any atom is -0.348 e. The monoisotopic (exact) mass is 346 g/mol. The topological polar surface area (TPSA) is 58.1 Å². The van der Waals surface area contributed by atoms with Gasteiger partial charge in [0.25, 0.3) is 0 Å². The van der Waals surface area contributed by atoms with E-state index in [2.05, 4.69) is 20.2 Å². The predicted octanol–water partition coefficient (Wildman–Crippen LogP) is 2.51. The van der Waals surface area contributed by atoms with Crippen molar-refractivity contribution >= 4 is 39.4 Å². The molecule has 0 spiro atoms. The second-order valence-electron chi connectivity index (χ2n) is 5.98. The van der Waals surface area contributed by atoms with Crippen LogP contribution in [0.15, 0.2) is 34.2 Å². The number of thiazole rings is 1. The lowest BCUT2D eigenvalue weighted by molar-refractivity contribution is -0.118. The molecule has 3 aliphatic rings. The van der Waals surface area contributed by atoms with Crippen LogP contribution in [-0.4, -0.2) is 46.5 Å². The standard InChI is InChI=1S/C16H18N4OS2/c21-14(18-12-10-20-7-3-11(12)4-8-20)5-9-22-16-19-15-13(23-16)2-1-6-17-15/h1-2,5-6,9,11-12H,3-4,7-8,10H2,(H,18,21)/b9-5-/t12-/m0/s1. The summed E-state index contributed by atoms with van der Waals surface area (Å²) in [7, 11) is 0. The van der Waals surface area contributed by atoms with E-state index in [9.17, 15) is 4.79 Å². The van der Waals surface area contributed by atoms with E-state index in [0.717, 1.165) is 21.2 Å². The second-order valence-corrected chi connectivity index (χ2v) is 8.16. The van der Waals surface area contributed by atoms with Crippen LogP contribution in [0.3, 0.4) is 0 Å². The molecule has 1 amide bonds. The van der Waals surface area contributed by atoms with Gasteiger partial charge in [-0.15, -0.1) is 11.3 Å². The molecule has 3 saturated heterocycles. The number of rotatable bonds is 4. The van der Waals surface area contributed by atoms with Crippen LogP contribution in [0.1, 0.15) is 12.8 Å². The van der Waals surface area contributed by atoms with Crippen molar-refractivity contribution in [1.29, 1.82) is 0 Å². The first-order valence-electron chi connectivity index (χ1n) is 7.85. The van der Waals surface area contributed by atoms with Crippen LogP contribution in [0.25, 0.3) is 10.3 Å². The third-order valence-corrected chi connectivity index (χ3v) is 6.43. The summed E-state index contributed by atoms with van der Waals surface area (Å²) < 4.78 is 1.98. The summed E-state index contributed by atoms with van der Waals surface area (Å²) in [5, 5.41) is 4.97. The van der Waals surface area contributed by atoms with E-state index in [1.165, 1.54) is 37.7 Å². The molecule has 0 aliphatic carbocycles. The van der Waals surface area contributed by atoms with Gasteiger partial charge in [0.2, 0.25) is 5.91 Å². The summed E-state index contributed by atoms with van der Waals surface area (Å²) in [4.78, 5) is 23.2. The van der Waals surface area contributed by atoms with Crippen molar-refractivity contribution < 1.29 is 4.79 Å². The Balaban J connectivity index is 1.32. The molecule has 2 aromatic heterocycles. The number of hydrogen-bond donors (Lipinski definition) is 1. The highest BCUT2D eigenvalue weighted by Gasteiger charge is 2.34. The Bertz CT molecular complexity index is 704. The Morgan fingerprint density at radius 3 is 3.04 bits per heavy atom. The zero-order chi connectivity index (χ0) is 15.6. The van der Waals surface area contributed by atoms with Crippen molar-refractivity contribution in [3.63, 3.8) is 0 Å². The first-order valence-corrected chi connectivity index (χ1v) is 9.55. The van der Waals surface area contributed by atoms with E-state index in [1.54, 1.807) is 23.6 Å². The van der Waals surface area contributed by atoms with Crippen LogP contribution in [0.5, 0.6) is 0 Å². The van der Waals surface area contributed by atoms with Gasteiger partial charge in [-0.3, -0.25) is 4.79 Å². The zero-order valence-corrected chi connectivity index (χ0v) is 14.3. The molecule has 23 heavy (non-hydrogen) atoms. The van der Waals surface area contributed by atoms with E-state index >= 15 is 0 Å². The van der Waals surface area contributed by atoms with Gasteiger partial charge < -0.3 is 10.2 Å². The maximum Gasteiger partial charge on any atom is 0.244 e. The fourth-order valence-electron chi connectivity index (χ4n) is 3.31. The van der Waals surface area contributed by atoms with Crippen LogP contribution in [0.4, 0.5) is 0 Å². The second kappa shape index (κ2) is 6.59. The van der Waals surface area contributed by atoms with E-state index in [-0.39, 0.29) is 5.91 Å². The van der Waals surface area contributed by atoms with Crippen molar-refractivity contribution in [2.24, 2.45) is 5.92 Å². The first kappa shape index (κ1) is 15.1. The molecule has 5 nitrogen and oxygen atoms in total. The van der Waals surface area contributed by atoms with Gasteiger partial charge in [0.05, 0.1) is 4.70 Å². The Kier molecular flexibility index (Phi) is 4.33. The number of thioether (sulfide) groups is 1. The lowest BCUT2D eigenvalue weighted by Gasteiger charge is -2.44. The molecular formula is C16H18N4OS2. The summed E-state index contributed by atoms with van der Waals surface area (Å²) in [5.74, 6) is 0.649. The largest absolute Gasteiger partial charge is 0.348 e. The molecule has 0 aromatic carbocycles. The van der Waals surface area contributed by atoms with Gasteiger partial charge >= 0.3 is 0 Å². The zero-order valence-electron chi connectivity index (χ0n) is 12.6. The van der Waals surface area contributed by atoms with E-state index in [4.69, 9.17) is 0 Å². The number of nitrogens with zero attached hydrogens (tertiary/aromatic N) is 3. The third-order valence-electron chi connectivity index (χ3n) is 4.52. The summed E-state index contributed by atoms with van der Waals surface area (Å²) >= 11 is 3.06. The van der Waals surface area contributed by atoms with Crippen molar-refractivity contribution in [3.05, 3.63) is 29.8 Å². The van der Waals surface area contributed by atoms with Crippen molar-refractivity contribution in [1.82, 2.24) is 20.2 Å². The highest BCUT2D eigenvalue weighted by Crippen LogP contribution is 2.29. The van der Waals surface area contributed by atoms with Gasteiger partial charge in [-0.2, -0.15) is 0 Å². The van der Waals surface area contributed by atoms with E-state index in [0.29, 0.717) is 12.0 Å². The molecule has 5 rings (SSSR count). The molecule has 3 fully saturated rings. The molecule has 0 unspecified atom stereocenters. The minimum absolute atomic E-state index is 0.00418. The summed E-state index contributed by atoms with van der Waals surface area (Å²) in [6.45, 7) is 3.38. The van der Waals surface area contributed by atoms with Crippen molar-refractivity contribution in [2.75, 3.05) is 19.6 Å². The summed E-state index contributed by atoms with van der Waals surface area (Å²) in [6.07, 6.45) is 5.78. The molecule has 2 bridgehead atoms. The summed E-state index contributed by atoms with van der Waals surface area (Å²) in [6, 6.07) is 4.23. The van der Waals surface area contributed by atoms with Crippen LogP contribution in [-0.2, 0) is 4.79 Å². The van der Waals surface area contributed by atoms with E-state index in [1.807, 2.05) is 17.5 Å².